The fraction of sp³-hybridized carbons (Fsp3) is 0.176. The number of para-hydroxylation sites is 1. The average molecular weight is 267 g/mol. The van der Waals surface area contributed by atoms with Gasteiger partial charge in [0.1, 0.15) is 11.5 Å². The first kappa shape index (κ1) is 12.6. The number of benzene rings is 2. The molecule has 0 amide bonds. The molecule has 102 valence electrons. The first-order valence-electron chi connectivity index (χ1n) is 6.51. The van der Waals surface area contributed by atoms with Gasteiger partial charge in [0.15, 0.2) is 0 Å². The number of methoxy groups -OCH3 is 2. The second kappa shape index (κ2) is 4.93. The quantitative estimate of drug-likeness (QED) is 0.719. The van der Waals surface area contributed by atoms with Gasteiger partial charge in [-0.05, 0) is 24.3 Å². The monoisotopic (exact) mass is 267 g/mol. The van der Waals surface area contributed by atoms with E-state index >= 15 is 0 Å². The van der Waals surface area contributed by atoms with Crippen molar-refractivity contribution in [2.45, 2.75) is 0 Å². The van der Waals surface area contributed by atoms with Gasteiger partial charge in [0.25, 0.3) is 0 Å². The van der Waals surface area contributed by atoms with Crippen molar-refractivity contribution in [3.63, 3.8) is 0 Å². The predicted molar refractivity (Wildman–Crippen MR) is 81.5 cm³/mol. The summed E-state index contributed by atoms with van der Waals surface area (Å²) >= 11 is 0. The molecule has 0 aliphatic carbocycles. The highest BCUT2D eigenvalue weighted by Gasteiger charge is 2.12. The summed E-state index contributed by atoms with van der Waals surface area (Å²) in [6, 6.07) is 16.4. The Bertz CT molecular complexity index is 759. The summed E-state index contributed by atoms with van der Waals surface area (Å²) in [5.41, 5.74) is 3.40. The smallest absolute Gasteiger partial charge is 0.131 e. The summed E-state index contributed by atoms with van der Waals surface area (Å²) in [6.07, 6.45) is 0. The molecule has 0 radical (unpaired) electrons. The van der Waals surface area contributed by atoms with Gasteiger partial charge >= 0.3 is 0 Å². The molecule has 0 aliphatic rings. The maximum atomic E-state index is 5.50. The van der Waals surface area contributed by atoms with Crippen LogP contribution in [-0.2, 0) is 7.05 Å². The molecule has 2 aromatic carbocycles. The van der Waals surface area contributed by atoms with Gasteiger partial charge in [0, 0.05) is 29.6 Å². The average Bonchev–Trinajstić information content (AvgIpc) is 2.84. The minimum atomic E-state index is 0.796. The van der Waals surface area contributed by atoms with Crippen LogP contribution in [0.25, 0.3) is 22.2 Å². The zero-order valence-electron chi connectivity index (χ0n) is 11.9. The predicted octanol–water partition coefficient (Wildman–Crippen LogP) is 3.86. The van der Waals surface area contributed by atoms with E-state index in [1.54, 1.807) is 14.2 Å². The van der Waals surface area contributed by atoms with E-state index in [9.17, 15) is 0 Å². The van der Waals surface area contributed by atoms with Gasteiger partial charge in [0.2, 0.25) is 0 Å². The molecule has 0 atom stereocenters. The Hall–Kier alpha value is -2.42. The first-order valence-corrected chi connectivity index (χ1v) is 6.51. The Kier molecular flexibility index (Phi) is 3.11. The first-order chi connectivity index (χ1) is 9.74. The molecule has 0 fully saturated rings. The van der Waals surface area contributed by atoms with Crippen LogP contribution in [0, 0.1) is 0 Å². The van der Waals surface area contributed by atoms with Crippen LogP contribution < -0.4 is 9.47 Å². The van der Waals surface area contributed by atoms with Crippen LogP contribution in [0.3, 0.4) is 0 Å². The molecule has 0 bridgehead atoms. The highest BCUT2D eigenvalue weighted by Crippen LogP contribution is 2.35. The highest BCUT2D eigenvalue weighted by atomic mass is 16.5. The van der Waals surface area contributed by atoms with Crippen molar-refractivity contribution in [3.05, 3.63) is 48.5 Å². The number of hydrogen-bond donors (Lipinski definition) is 0. The molecule has 0 unspecified atom stereocenters. The van der Waals surface area contributed by atoms with Gasteiger partial charge in [-0.25, -0.2) is 0 Å². The number of ether oxygens (including phenoxy) is 2. The lowest BCUT2D eigenvalue weighted by molar-refractivity contribution is 0.395. The van der Waals surface area contributed by atoms with E-state index in [1.807, 2.05) is 18.2 Å². The Morgan fingerprint density at radius 1 is 0.900 bits per heavy atom. The van der Waals surface area contributed by atoms with Crippen LogP contribution in [0.5, 0.6) is 11.5 Å². The second-order valence-electron chi connectivity index (χ2n) is 4.71. The van der Waals surface area contributed by atoms with E-state index in [4.69, 9.17) is 9.47 Å². The third-order valence-corrected chi connectivity index (χ3v) is 3.64. The number of hydrogen-bond acceptors (Lipinski definition) is 2. The number of rotatable bonds is 3. The Morgan fingerprint density at radius 3 is 2.40 bits per heavy atom. The standard InChI is InChI=1S/C17H17NO2/c1-18-15-7-5-4-6-12(15)10-16(18)14-9-8-13(19-2)11-17(14)20-3/h4-11H,1-3H3. The number of aromatic nitrogens is 1. The summed E-state index contributed by atoms with van der Waals surface area (Å²) in [5.74, 6) is 1.61. The van der Waals surface area contributed by atoms with Crippen LogP contribution in [0.15, 0.2) is 48.5 Å². The molecular formula is C17H17NO2. The third kappa shape index (κ3) is 1.92. The molecule has 1 heterocycles. The summed E-state index contributed by atoms with van der Waals surface area (Å²) in [7, 11) is 5.41. The van der Waals surface area contributed by atoms with Crippen LogP contribution in [0.4, 0.5) is 0 Å². The minimum absolute atomic E-state index is 0.796. The van der Waals surface area contributed by atoms with Crippen LogP contribution in [-0.4, -0.2) is 18.8 Å². The van der Waals surface area contributed by atoms with Gasteiger partial charge in [-0.3, -0.25) is 0 Å². The van der Waals surface area contributed by atoms with E-state index in [-0.39, 0.29) is 0 Å². The Morgan fingerprint density at radius 2 is 1.70 bits per heavy atom. The fourth-order valence-corrected chi connectivity index (χ4v) is 2.56. The van der Waals surface area contributed by atoms with Crippen molar-refractivity contribution < 1.29 is 9.47 Å². The largest absolute Gasteiger partial charge is 0.497 e. The maximum absolute atomic E-state index is 5.50. The molecule has 0 N–H and O–H groups in total. The zero-order valence-corrected chi connectivity index (χ0v) is 11.9. The molecule has 3 heteroatoms. The lowest BCUT2D eigenvalue weighted by atomic mass is 10.1. The van der Waals surface area contributed by atoms with Crippen molar-refractivity contribution in [1.82, 2.24) is 4.57 Å². The summed E-state index contributed by atoms with van der Waals surface area (Å²) in [6.45, 7) is 0. The molecule has 3 aromatic rings. The van der Waals surface area contributed by atoms with Crippen molar-refractivity contribution >= 4 is 10.9 Å². The van der Waals surface area contributed by atoms with E-state index in [0.717, 1.165) is 22.8 Å². The fourth-order valence-electron chi connectivity index (χ4n) is 2.56. The van der Waals surface area contributed by atoms with Crippen molar-refractivity contribution in [1.29, 1.82) is 0 Å². The third-order valence-electron chi connectivity index (χ3n) is 3.64. The number of aryl methyl sites for hydroxylation is 1. The van der Waals surface area contributed by atoms with E-state index < -0.39 is 0 Å². The number of fused-ring (bicyclic) bond motifs is 1. The van der Waals surface area contributed by atoms with E-state index in [1.165, 1.54) is 10.9 Å². The van der Waals surface area contributed by atoms with Gasteiger partial charge < -0.3 is 14.0 Å². The SMILES string of the molecule is COc1ccc(-c2cc3ccccc3n2C)c(OC)c1. The second-order valence-corrected chi connectivity index (χ2v) is 4.71. The molecule has 0 aliphatic heterocycles. The molecular weight excluding hydrogens is 250 g/mol. The van der Waals surface area contributed by atoms with Gasteiger partial charge in [-0.2, -0.15) is 0 Å². The van der Waals surface area contributed by atoms with Crippen LogP contribution >= 0.6 is 0 Å². The lowest BCUT2D eigenvalue weighted by Gasteiger charge is -2.11. The van der Waals surface area contributed by atoms with Crippen LogP contribution in [0.1, 0.15) is 0 Å². The minimum Gasteiger partial charge on any atom is -0.497 e. The molecule has 20 heavy (non-hydrogen) atoms. The lowest BCUT2D eigenvalue weighted by Crippen LogP contribution is -1.95. The highest BCUT2D eigenvalue weighted by molar-refractivity contribution is 5.88. The Balaban J connectivity index is 2.22. The molecule has 0 saturated carbocycles. The van der Waals surface area contributed by atoms with Gasteiger partial charge in [-0.15, -0.1) is 0 Å². The topological polar surface area (TPSA) is 23.4 Å². The summed E-state index contributed by atoms with van der Waals surface area (Å²) in [4.78, 5) is 0. The van der Waals surface area contributed by atoms with Crippen molar-refractivity contribution in [2.24, 2.45) is 7.05 Å². The van der Waals surface area contributed by atoms with Crippen molar-refractivity contribution in [2.75, 3.05) is 14.2 Å². The van der Waals surface area contributed by atoms with Crippen LogP contribution in [0.2, 0.25) is 0 Å². The molecule has 1 aromatic heterocycles. The van der Waals surface area contributed by atoms with Gasteiger partial charge in [-0.1, -0.05) is 18.2 Å². The molecule has 3 rings (SSSR count). The Labute approximate surface area is 118 Å². The number of nitrogens with zero attached hydrogens (tertiary/aromatic N) is 1. The van der Waals surface area contributed by atoms with Gasteiger partial charge in [0.05, 0.1) is 19.9 Å². The van der Waals surface area contributed by atoms with Crippen molar-refractivity contribution in [3.8, 4) is 22.8 Å². The summed E-state index contributed by atoms with van der Waals surface area (Å²) in [5, 5.41) is 1.22. The molecule has 0 saturated heterocycles. The molecule has 3 nitrogen and oxygen atoms in total. The van der Waals surface area contributed by atoms with E-state index in [2.05, 4.69) is 41.9 Å². The molecule has 0 spiro atoms. The normalized spacial score (nSPS) is 10.8. The summed E-state index contributed by atoms with van der Waals surface area (Å²) < 4.78 is 12.9. The maximum Gasteiger partial charge on any atom is 0.131 e. The zero-order chi connectivity index (χ0) is 14.1. The van der Waals surface area contributed by atoms with E-state index in [0.29, 0.717) is 0 Å².